The number of benzene rings is 1. The quantitative estimate of drug-likeness (QED) is 0.623. The lowest BCUT2D eigenvalue weighted by Crippen LogP contribution is -1.82. The third-order valence-electron chi connectivity index (χ3n) is 1.90. The van der Waals surface area contributed by atoms with Crippen LogP contribution in [0.4, 0.5) is 10.1 Å². The molecule has 0 bridgehead atoms. The highest BCUT2D eigenvalue weighted by Crippen LogP contribution is 2.21. The summed E-state index contributed by atoms with van der Waals surface area (Å²) in [6.07, 6.45) is 0. The highest BCUT2D eigenvalue weighted by Gasteiger charge is 2.01. The molecule has 1 aromatic carbocycles. The van der Waals surface area contributed by atoms with Crippen molar-refractivity contribution in [3.8, 4) is 0 Å². The molecule has 2 aromatic rings. The maximum atomic E-state index is 12.2. The van der Waals surface area contributed by atoms with Gasteiger partial charge in [0.1, 0.15) is 6.67 Å². The first-order chi connectivity index (χ1) is 5.81. The van der Waals surface area contributed by atoms with Crippen molar-refractivity contribution in [1.82, 2.24) is 4.98 Å². The van der Waals surface area contributed by atoms with E-state index >= 15 is 0 Å². The summed E-state index contributed by atoms with van der Waals surface area (Å²) in [6.45, 7) is -0.478. The number of H-pyrrole nitrogens is 1. The monoisotopic (exact) mass is 164 g/mol. The fourth-order valence-corrected chi connectivity index (χ4v) is 1.31. The van der Waals surface area contributed by atoms with E-state index in [2.05, 4.69) is 4.98 Å². The first-order valence-electron chi connectivity index (χ1n) is 3.73. The summed E-state index contributed by atoms with van der Waals surface area (Å²) >= 11 is 0. The molecule has 0 radical (unpaired) electrons. The fraction of sp³-hybridized carbons (Fsp3) is 0.111. The van der Waals surface area contributed by atoms with Crippen molar-refractivity contribution in [3.05, 3.63) is 30.0 Å². The molecule has 2 rings (SSSR count). The van der Waals surface area contributed by atoms with Crippen LogP contribution in [0.25, 0.3) is 10.9 Å². The van der Waals surface area contributed by atoms with Gasteiger partial charge in [0.15, 0.2) is 0 Å². The van der Waals surface area contributed by atoms with Crippen molar-refractivity contribution in [3.63, 3.8) is 0 Å². The molecule has 12 heavy (non-hydrogen) atoms. The van der Waals surface area contributed by atoms with E-state index in [1.165, 1.54) is 0 Å². The summed E-state index contributed by atoms with van der Waals surface area (Å²) in [4.78, 5) is 2.93. The molecule has 0 aliphatic heterocycles. The molecule has 1 heterocycles. The van der Waals surface area contributed by atoms with E-state index in [4.69, 9.17) is 5.73 Å². The number of alkyl halides is 1. The molecule has 3 heteroatoms. The number of hydrogen-bond donors (Lipinski definition) is 2. The van der Waals surface area contributed by atoms with E-state index in [1.54, 1.807) is 12.1 Å². The Morgan fingerprint density at radius 3 is 2.92 bits per heavy atom. The molecule has 0 spiro atoms. The minimum atomic E-state index is -0.478. The molecule has 0 amide bonds. The van der Waals surface area contributed by atoms with Crippen LogP contribution in [0.2, 0.25) is 0 Å². The molecule has 0 saturated carbocycles. The van der Waals surface area contributed by atoms with Crippen molar-refractivity contribution < 1.29 is 4.39 Å². The number of aromatic amines is 1. The van der Waals surface area contributed by atoms with Gasteiger partial charge in [-0.3, -0.25) is 0 Å². The Morgan fingerprint density at radius 1 is 1.42 bits per heavy atom. The molecule has 0 saturated heterocycles. The zero-order valence-corrected chi connectivity index (χ0v) is 6.47. The van der Waals surface area contributed by atoms with Crippen molar-refractivity contribution >= 4 is 16.6 Å². The summed E-state index contributed by atoms with van der Waals surface area (Å²) in [5, 5.41) is 0.894. The van der Waals surface area contributed by atoms with Gasteiger partial charge in [0, 0.05) is 22.3 Å². The highest BCUT2D eigenvalue weighted by atomic mass is 19.1. The van der Waals surface area contributed by atoms with Crippen LogP contribution in [0.1, 0.15) is 5.69 Å². The number of hydrogen-bond acceptors (Lipinski definition) is 1. The van der Waals surface area contributed by atoms with Gasteiger partial charge >= 0.3 is 0 Å². The Hall–Kier alpha value is -1.51. The van der Waals surface area contributed by atoms with Gasteiger partial charge in [-0.1, -0.05) is 6.07 Å². The number of nitrogens with one attached hydrogen (secondary N) is 1. The van der Waals surface area contributed by atoms with E-state index in [-0.39, 0.29) is 0 Å². The number of nitrogens with two attached hydrogens (primary N) is 1. The van der Waals surface area contributed by atoms with E-state index in [0.717, 1.165) is 10.9 Å². The van der Waals surface area contributed by atoms with Gasteiger partial charge in [-0.15, -0.1) is 0 Å². The predicted octanol–water partition coefficient (Wildman–Crippen LogP) is 2.22. The number of rotatable bonds is 1. The molecular weight excluding hydrogens is 155 g/mol. The maximum Gasteiger partial charge on any atom is 0.129 e. The molecule has 0 fully saturated rings. The van der Waals surface area contributed by atoms with Gasteiger partial charge < -0.3 is 10.7 Å². The Kier molecular flexibility index (Phi) is 1.50. The molecule has 3 N–H and O–H groups in total. The lowest BCUT2D eigenvalue weighted by atomic mass is 10.2. The van der Waals surface area contributed by atoms with E-state index < -0.39 is 6.67 Å². The second kappa shape index (κ2) is 2.52. The Morgan fingerprint density at radius 2 is 2.25 bits per heavy atom. The van der Waals surface area contributed by atoms with Crippen LogP contribution in [0.3, 0.4) is 0 Å². The number of halogens is 1. The summed E-state index contributed by atoms with van der Waals surface area (Å²) in [7, 11) is 0. The maximum absolute atomic E-state index is 12.2. The molecule has 0 aliphatic rings. The average molecular weight is 164 g/mol. The van der Waals surface area contributed by atoms with Gasteiger partial charge in [0.25, 0.3) is 0 Å². The van der Waals surface area contributed by atoms with Crippen LogP contribution >= 0.6 is 0 Å². The van der Waals surface area contributed by atoms with Gasteiger partial charge in [0.2, 0.25) is 0 Å². The first kappa shape index (κ1) is 7.16. The standard InChI is InChI=1S/C9H9FN2/c10-5-6-4-7-8(11)2-1-3-9(7)12-6/h1-4,12H,5,11H2. The fourth-order valence-electron chi connectivity index (χ4n) is 1.31. The normalized spacial score (nSPS) is 10.8. The summed E-state index contributed by atoms with van der Waals surface area (Å²) in [5.74, 6) is 0. The van der Waals surface area contributed by atoms with Gasteiger partial charge in [-0.2, -0.15) is 0 Å². The molecule has 62 valence electrons. The lowest BCUT2D eigenvalue weighted by molar-refractivity contribution is 0.478. The SMILES string of the molecule is Nc1cccc2[nH]c(CF)cc12. The van der Waals surface area contributed by atoms with Crippen molar-refractivity contribution in [2.24, 2.45) is 0 Å². The minimum Gasteiger partial charge on any atom is -0.398 e. The van der Waals surface area contributed by atoms with Crippen LogP contribution < -0.4 is 5.73 Å². The minimum absolute atomic E-state index is 0.478. The first-order valence-corrected chi connectivity index (χ1v) is 3.73. The highest BCUT2D eigenvalue weighted by molar-refractivity contribution is 5.91. The van der Waals surface area contributed by atoms with E-state index in [0.29, 0.717) is 11.4 Å². The van der Waals surface area contributed by atoms with Gasteiger partial charge in [0.05, 0.1) is 0 Å². The largest absolute Gasteiger partial charge is 0.398 e. The van der Waals surface area contributed by atoms with Gasteiger partial charge in [-0.25, -0.2) is 4.39 Å². The van der Waals surface area contributed by atoms with E-state index in [9.17, 15) is 4.39 Å². The van der Waals surface area contributed by atoms with Crippen LogP contribution in [0.15, 0.2) is 24.3 Å². The summed E-state index contributed by atoms with van der Waals surface area (Å²) in [6, 6.07) is 7.27. The van der Waals surface area contributed by atoms with Crippen LogP contribution in [0.5, 0.6) is 0 Å². The number of fused-ring (bicyclic) bond motifs is 1. The van der Waals surface area contributed by atoms with Crippen LogP contribution in [0, 0.1) is 0 Å². The molecule has 0 atom stereocenters. The zero-order chi connectivity index (χ0) is 8.55. The van der Waals surface area contributed by atoms with Crippen molar-refractivity contribution in [2.75, 3.05) is 5.73 Å². The predicted molar refractivity (Wildman–Crippen MR) is 47.5 cm³/mol. The van der Waals surface area contributed by atoms with Crippen molar-refractivity contribution in [1.29, 1.82) is 0 Å². The zero-order valence-electron chi connectivity index (χ0n) is 6.47. The number of nitrogen functional groups attached to an aromatic ring is 1. The van der Waals surface area contributed by atoms with E-state index in [1.807, 2.05) is 12.1 Å². The summed E-state index contributed by atoms with van der Waals surface area (Å²) in [5.41, 5.74) is 7.83. The molecule has 0 aliphatic carbocycles. The molecule has 1 aromatic heterocycles. The second-order valence-electron chi connectivity index (χ2n) is 2.74. The van der Waals surface area contributed by atoms with Crippen LogP contribution in [-0.4, -0.2) is 4.98 Å². The Labute approximate surface area is 69.2 Å². The average Bonchev–Trinajstić information content (AvgIpc) is 2.49. The number of aromatic nitrogens is 1. The van der Waals surface area contributed by atoms with Gasteiger partial charge in [-0.05, 0) is 18.2 Å². The molecule has 0 unspecified atom stereocenters. The number of anilines is 1. The smallest absolute Gasteiger partial charge is 0.129 e. The topological polar surface area (TPSA) is 41.8 Å². The summed E-state index contributed by atoms with van der Waals surface area (Å²) < 4.78 is 12.2. The molecule has 2 nitrogen and oxygen atoms in total. The Balaban J connectivity index is 2.74. The third-order valence-corrected chi connectivity index (χ3v) is 1.90. The molecular formula is C9H9FN2. The third kappa shape index (κ3) is 0.942. The van der Waals surface area contributed by atoms with Crippen LogP contribution in [-0.2, 0) is 6.67 Å². The lowest BCUT2D eigenvalue weighted by Gasteiger charge is -1.92. The second-order valence-corrected chi connectivity index (χ2v) is 2.74. The Bertz CT molecular complexity index is 406. The van der Waals surface area contributed by atoms with Crippen molar-refractivity contribution in [2.45, 2.75) is 6.67 Å².